The largest absolute Gasteiger partial charge is 0.325 e. The molecule has 0 aromatic heterocycles. The topological polar surface area (TPSA) is 55.1 Å². The summed E-state index contributed by atoms with van der Waals surface area (Å²) in [5.41, 5.74) is 6.64. The summed E-state index contributed by atoms with van der Waals surface area (Å²) in [6, 6.07) is 7.23. The molecule has 0 saturated carbocycles. The van der Waals surface area contributed by atoms with Crippen molar-refractivity contribution in [2.24, 2.45) is 11.7 Å². The number of rotatable bonds is 4. The van der Waals surface area contributed by atoms with E-state index in [0.29, 0.717) is 0 Å². The lowest BCUT2D eigenvalue weighted by atomic mass is 9.99. The van der Waals surface area contributed by atoms with Gasteiger partial charge in [0, 0.05) is 9.26 Å². The van der Waals surface area contributed by atoms with Gasteiger partial charge in [0.25, 0.3) is 0 Å². The maximum Gasteiger partial charge on any atom is 0.241 e. The van der Waals surface area contributed by atoms with Gasteiger partial charge in [-0.15, -0.1) is 0 Å². The SMILES string of the molecule is CC[C@H](C)[C@H](N)C(=O)Nc1cccc(I)c1. The van der Waals surface area contributed by atoms with Crippen LogP contribution in [0.25, 0.3) is 0 Å². The fourth-order valence-electron chi connectivity index (χ4n) is 1.30. The first-order chi connectivity index (χ1) is 7.54. The Kier molecular flexibility index (Phi) is 5.21. The zero-order chi connectivity index (χ0) is 12.1. The van der Waals surface area contributed by atoms with Crippen molar-refractivity contribution in [2.75, 3.05) is 5.32 Å². The second kappa shape index (κ2) is 6.20. The molecular weight excluding hydrogens is 315 g/mol. The number of carbonyl (C=O) groups is 1. The third-order valence-electron chi connectivity index (χ3n) is 2.65. The minimum Gasteiger partial charge on any atom is -0.325 e. The first kappa shape index (κ1) is 13.4. The van der Waals surface area contributed by atoms with Gasteiger partial charge in [-0.3, -0.25) is 4.79 Å². The maximum absolute atomic E-state index is 11.8. The molecule has 0 aliphatic carbocycles. The number of benzene rings is 1. The molecule has 2 atom stereocenters. The Labute approximate surface area is 110 Å². The number of anilines is 1. The summed E-state index contributed by atoms with van der Waals surface area (Å²) < 4.78 is 1.09. The maximum atomic E-state index is 11.8. The number of halogens is 1. The van der Waals surface area contributed by atoms with Gasteiger partial charge in [0.15, 0.2) is 0 Å². The van der Waals surface area contributed by atoms with Crippen molar-refractivity contribution in [1.82, 2.24) is 0 Å². The number of hydrogen-bond donors (Lipinski definition) is 2. The van der Waals surface area contributed by atoms with Crippen molar-refractivity contribution < 1.29 is 4.79 Å². The number of carbonyl (C=O) groups excluding carboxylic acids is 1. The fraction of sp³-hybridized carbons (Fsp3) is 0.417. The van der Waals surface area contributed by atoms with Gasteiger partial charge in [-0.1, -0.05) is 26.3 Å². The average Bonchev–Trinajstić information content (AvgIpc) is 2.27. The minimum absolute atomic E-state index is 0.114. The van der Waals surface area contributed by atoms with Gasteiger partial charge in [-0.05, 0) is 46.7 Å². The highest BCUT2D eigenvalue weighted by atomic mass is 127. The van der Waals surface area contributed by atoms with E-state index in [-0.39, 0.29) is 11.8 Å². The normalized spacial score (nSPS) is 14.2. The molecule has 4 heteroatoms. The van der Waals surface area contributed by atoms with Crippen LogP contribution in [-0.2, 0) is 4.79 Å². The number of nitrogens with one attached hydrogen (secondary N) is 1. The van der Waals surface area contributed by atoms with E-state index in [1.165, 1.54) is 0 Å². The van der Waals surface area contributed by atoms with Crippen molar-refractivity contribution in [3.63, 3.8) is 0 Å². The molecule has 88 valence electrons. The van der Waals surface area contributed by atoms with Gasteiger partial charge in [0.05, 0.1) is 6.04 Å². The van der Waals surface area contributed by atoms with E-state index in [0.717, 1.165) is 15.7 Å². The summed E-state index contributed by atoms with van der Waals surface area (Å²) >= 11 is 2.21. The molecule has 16 heavy (non-hydrogen) atoms. The Balaban J connectivity index is 2.64. The zero-order valence-electron chi connectivity index (χ0n) is 9.53. The highest BCUT2D eigenvalue weighted by Crippen LogP contribution is 2.14. The van der Waals surface area contributed by atoms with Crippen molar-refractivity contribution in [3.05, 3.63) is 27.8 Å². The molecule has 1 aromatic rings. The quantitative estimate of drug-likeness (QED) is 0.833. The Morgan fingerprint density at radius 1 is 1.56 bits per heavy atom. The molecule has 3 nitrogen and oxygen atoms in total. The summed E-state index contributed by atoms with van der Waals surface area (Å²) in [5, 5.41) is 2.83. The van der Waals surface area contributed by atoms with Gasteiger partial charge in [-0.2, -0.15) is 0 Å². The van der Waals surface area contributed by atoms with Crippen LogP contribution in [0.4, 0.5) is 5.69 Å². The third-order valence-corrected chi connectivity index (χ3v) is 3.32. The predicted octanol–water partition coefficient (Wildman–Crippen LogP) is 2.60. The predicted molar refractivity (Wildman–Crippen MR) is 75.2 cm³/mol. The van der Waals surface area contributed by atoms with Gasteiger partial charge in [-0.25, -0.2) is 0 Å². The minimum atomic E-state index is -0.442. The van der Waals surface area contributed by atoms with E-state index in [4.69, 9.17) is 5.73 Å². The molecule has 0 heterocycles. The second-order valence-corrected chi connectivity index (χ2v) is 5.16. The van der Waals surface area contributed by atoms with Gasteiger partial charge < -0.3 is 11.1 Å². The highest BCUT2D eigenvalue weighted by Gasteiger charge is 2.19. The Morgan fingerprint density at radius 2 is 2.25 bits per heavy atom. The van der Waals surface area contributed by atoms with E-state index < -0.39 is 6.04 Å². The summed E-state index contributed by atoms with van der Waals surface area (Å²) in [7, 11) is 0. The summed E-state index contributed by atoms with van der Waals surface area (Å²) in [6.45, 7) is 4.02. The Bertz CT molecular complexity index is 368. The third kappa shape index (κ3) is 3.75. The average molecular weight is 332 g/mol. The number of amides is 1. The monoisotopic (exact) mass is 332 g/mol. The lowest BCUT2D eigenvalue weighted by Gasteiger charge is -2.17. The van der Waals surface area contributed by atoms with Gasteiger partial charge >= 0.3 is 0 Å². The van der Waals surface area contributed by atoms with Crippen LogP contribution in [0.15, 0.2) is 24.3 Å². The first-order valence-electron chi connectivity index (χ1n) is 5.36. The second-order valence-electron chi connectivity index (χ2n) is 3.91. The summed E-state index contributed by atoms with van der Waals surface area (Å²) in [6.07, 6.45) is 0.904. The molecule has 1 aromatic carbocycles. The molecule has 1 amide bonds. The summed E-state index contributed by atoms with van der Waals surface area (Å²) in [4.78, 5) is 11.8. The van der Waals surface area contributed by atoms with Crippen LogP contribution in [-0.4, -0.2) is 11.9 Å². The molecule has 0 fully saturated rings. The Hall–Kier alpha value is -0.620. The van der Waals surface area contributed by atoms with E-state index in [1.807, 2.05) is 38.1 Å². The molecule has 3 N–H and O–H groups in total. The van der Waals surface area contributed by atoms with Crippen molar-refractivity contribution in [2.45, 2.75) is 26.3 Å². The van der Waals surface area contributed by atoms with Crippen LogP contribution < -0.4 is 11.1 Å². The molecule has 0 aliphatic rings. The van der Waals surface area contributed by atoms with E-state index >= 15 is 0 Å². The van der Waals surface area contributed by atoms with Crippen LogP contribution in [0.1, 0.15) is 20.3 Å². The standard InChI is InChI=1S/C12H17IN2O/c1-3-8(2)11(14)12(16)15-10-6-4-5-9(13)7-10/h4-8,11H,3,14H2,1-2H3,(H,15,16)/t8-,11-/m0/s1. The van der Waals surface area contributed by atoms with Crippen molar-refractivity contribution in [3.8, 4) is 0 Å². The lowest BCUT2D eigenvalue weighted by molar-refractivity contribution is -0.118. The van der Waals surface area contributed by atoms with E-state index in [9.17, 15) is 4.79 Å². The van der Waals surface area contributed by atoms with E-state index in [1.54, 1.807) is 0 Å². The molecule has 0 bridgehead atoms. The first-order valence-corrected chi connectivity index (χ1v) is 6.44. The molecule has 0 saturated heterocycles. The van der Waals surface area contributed by atoms with Gasteiger partial charge in [0.2, 0.25) is 5.91 Å². The van der Waals surface area contributed by atoms with Gasteiger partial charge in [0.1, 0.15) is 0 Å². The lowest BCUT2D eigenvalue weighted by Crippen LogP contribution is -2.40. The number of hydrogen-bond acceptors (Lipinski definition) is 2. The highest BCUT2D eigenvalue weighted by molar-refractivity contribution is 14.1. The molecule has 0 aliphatic heterocycles. The van der Waals surface area contributed by atoms with Crippen LogP contribution in [0.3, 0.4) is 0 Å². The molecular formula is C12H17IN2O. The Morgan fingerprint density at radius 3 is 2.81 bits per heavy atom. The smallest absolute Gasteiger partial charge is 0.241 e. The van der Waals surface area contributed by atoms with Crippen LogP contribution >= 0.6 is 22.6 Å². The molecule has 0 spiro atoms. The molecule has 0 radical (unpaired) electrons. The van der Waals surface area contributed by atoms with Crippen LogP contribution in [0.2, 0.25) is 0 Å². The van der Waals surface area contributed by atoms with Crippen molar-refractivity contribution >= 4 is 34.2 Å². The van der Waals surface area contributed by atoms with Crippen LogP contribution in [0, 0.1) is 9.49 Å². The number of nitrogens with two attached hydrogens (primary N) is 1. The molecule has 0 unspecified atom stereocenters. The van der Waals surface area contributed by atoms with Crippen molar-refractivity contribution in [1.29, 1.82) is 0 Å². The van der Waals surface area contributed by atoms with E-state index in [2.05, 4.69) is 27.9 Å². The molecule has 1 rings (SSSR count). The van der Waals surface area contributed by atoms with Crippen LogP contribution in [0.5, 0.6) is 0 Å². The summed E-state index contributed by atoms with van der Waals surface area (Å²) in [5.74, 6) is 0.0825. The zero-order valence-corrected chi connectivity index (χ0v) is 11.7. The fourth-order valence-corrected chi connectivity index (χ4v) is 1.85.